The first kappa shape index (κ1) is 21.5. The summed E-state index contributed by atoms with van der Waals surface area (Å²) in [5, 5.41) is 10.8. The van der Waals surface area contributed by atoms with Crippen molar-refractivity contribution >= 4 is 17.7 Å². The fourth-order valence-corrected chi connectivity index (χ4v) is 3.38. The second kappa shape index (κ2) is 9.08. The van der Waals surface area contributed by atoms with Crippen LogP contribution in [0.25, 0.3) is 6.08 Å². The molecule has 2 aromatic carbocycles. The van der Waals surface area contributed by atoms with E-state index in [2.05, 4.69) is 0 Å². The highest BCUT2D eigenvalue weighted by Gasteiger charge is 2.31. The molecule has 2 aromatic rings. The predicted molar refractivity (Wildman–Crippen MR) is 105 cm³/mol. The SMILES string of the molecule is O=C(/C=C/c1cccc([N+](=O)[O-])c1)N1CC[NH+](Cc2cccc(C(F)(F)F)c2)CC1. The molecular formula is C21H21F3N3O3+. The van der Waals surface area contributed by atoms with Crippen LogP contribution >= 0.6 is 0 Å². The number of nitrogens with zero attached hydrogens (tertiary/aromatic N) is 2. The molecule has 1 aliphatic rings. The van der Waals surface area contributed by atoms with E-state index in [1.165, 1.54) is 36.4 Å². The van der Waals surface area contributed by atoms with Crippen LogP contribution in [0.15, 0.2) is 54.6 Å². The summed E-state index contributed by atoms with van der Waals surface area (Å²) in [6.07, 6.45) is -1.43. The van der Waals surface area contributed by atoms with Gasteiger partial charge in [0.05, 0.1) is 36.7 Å². The first-order valence-electron chi connectivity index (χ1n) is 9.43. The predicted octanol–water partition coefficient (Wildman–Crippen LogP) is 2.55. The summed E-state index contributed by atoms with van der Waals surface area (Å²) in [6.45, 7) is 2.72. The Bertz CT molecular complexity index is 952. The van der Waals surface area contributed by atoms with Crippen LogP contribution in [0, 0.1) is 10.1 Å². The molecular weight excluding hydrogens is 399 g/mol. The Balaban J connectivity index is 1.53. The maximum absolute atomic E-state index is 12.9. The fraction of sp³-hybridized carbons (Fsp3) is 0.286. The Morgan fingerprint density at radius 3 is 2.50 bits per heavy atom. The Morgan fingerprint density at radius 2 is 1.83 bits per heavy atom. The Morgan fingerprint density at radius 1 is 1.13 bits per heavy atom. The number of rotatable bonds is 5. The van der Waals surface area contributed by atoms with Gasteiger partial charge in [0.1, 0.15) is 6.54 Å². The molecule has 3 rings (SSSR count). The second-order valence-corrected chi connectivity index (χ2v) is 7.14. The molecule has 1 saturated heterocycles. The number of quaternary nitrogens is 1. The van der Waals surface area contributed by atoms with Gasteiger partial charge in [0.25, 0.3) is 5.69 Å². The number of halogens is 3. The van der Waals surface area contributed by atoms with Gasteiger partial charge in [0, 0.05) is 23.8 Å². The highest BCUT2D eigenvalue weighted by molar-refractivity contribution is 5.91. The van der Waals surface area contributed by atoms with E-state index in [9.17, 15) is 28.1 Å². The minimum atomic E-state index is -4.36. The molecule has 0 unspecified atom stereocenters. The standard InChI is InChI=1S/C21H20F3N3O3/c22-21(23,24)18-5-1-4-17(13-18)15-25-9-11-26(12-10-25)20(28)8-7-16-3-2-6-19(14-16)27(29)30/h1-8,13-14H,9-12,15H2/p+1/b8-7+. The number of carbonyl (C=O) groups is 1. The molecule has 0 bridgehead atoms. The van der Waals surface area contributed by atoms with E-state index >= 15 is 0 Å². The molecule has 9 heteroatoms. The Hall–Kier alpha value is -3.20. The van der Waals surface area contributed by atoms with Crippen LogP contribution in [-0.4, -0.2) is 41.9 Å². The van der Waals surface area contributed by atoms with Crippen LogP contribution in [0.5, 0.6) is 0 Å². The number of hydrogen-bond acceptors (Lipinski definition) is 3. The number of non-ortho nitro benzene ring substituents is 1. The lowest BCUT2D eigenvalue weighted by Crippen LogP contribution is -3.13. The maximum Gasteiger partial charge on any atom is 0.416 e. The van der Waals surface area contributed by atoms with E-state index in [1.807, 2.05) is 0 Å². The van der Waals surface area contributed by atoms with Crippen molar-refractivity contribution in [2.24, 2.45) is 0 Å². The summed E-state index contributed by atoms with van der Waals surface area (Å²) < 4.78 is 38.6. The van der Waals surface area contributed by atoms with Crippen molar-refractivity contribution in [1.82, 2.24) is 4.90 Å². The van der Waals surface area contributed by atoms with Gasteiger partial charge in [0.15, 0.2) is 0 Å². The minimum Gasteiger partial charge on any atom is -0.328 e. The van der Waals surface area contributed by atoms with Crippen molar-refractivity contribution < 1.29 is 27.8 Å². The molecule has 158 valence electrons. The van der Waals surface area contributed by atoms with E-state index in [4.69, 9.17) is 0 Å². The molecule has 1 N–H and O–H groups in total. The number of piperazine rings is 1. The van der Waals surface area contributed by atoms with Gasteiger partial charge in [-0.3, -0.25) is 14.9 Å². The third-order valence-electron chi connectivity index (χ3n) is 4.99. The van der Waals surface area contributed by atoms with E-state index in [1.54, 1.807) is 23.1 Å². The number of nitrogens with one attached hydrogen (secondary N) is 1. The second-order valence-electron chi connectivity index (χ2n) is 7.14. The smallest absolute Gasteiger partial charge is 0.328 e. The molecule has 30 heavy (non-hydrogen) atoms. The molecule has 0 aromatic heterocycles. The average molecular weight is 420 g/mol. The number of amides is 1. The molecule has 1 amide bonds. The van der Waals surface area contributed by atoms with Crippen molar-refractivity contribution in [3.05, 3.63) is 81.4 Å². The monoisotopic (exact) mass is 420 g/mol. The van der Waals surface area contributed by atoms with Crippen molar-refractivity contribution in [2.75, 3.05) is 26.2 Å². The topological polar surface area (TPSA) is 67.9 Å². The van der Waals surface area contributed by atoms with E-state index in [0.717, 1.165) is 11.0 Å². The molecule has 1 aliphatic heterocycles. The highest BCUT2D eigenvalue weighted by atomic mass is 19.4. The molecule has 0 spiro atoms. The number of hydrogen-bond donors (Lipinski definition) is 1. The molecule has 6 nitrogen and oxygen atoms in total. The van der Waals surface area contributed by atoms with Crippen LogP contribution in [0.3, 0.4) is 0 Å². The molecule has 0 aliphatic carbocycles. The number of carbonyl (C=O) groups excluding carboxylic acids is 1. The lowest BCUT2D eigenvalue weighted by atomic mass is 10.1. The third-order valence-corrected chi connectivity index (χ3v) is 4.99. The largest absolute Gasteiger partial charge is 0.416 e. The third kappa shape index (κ3) is 5.66. The van der Waals surface area contributed by atoms with Gasteiger partial charge in [0.2, 0.25) is 5.91 Å². The molecule has 0 saturated carbocycles. The minimum absolute atomic E-state index is 0.0450. The van der Waals surface area contributed by atoms with Gasteiger partial charge >= 0.3 is 6.18 Å². The maximum atomic E-state index is 12.9. The summed E-state index contributed by atoms with van der Waals surface area (Å²) in [5.74, 6) is -0.195. The lowest BCUT2D eigenvalue weighted by molar-refractivity contribution is -0.917. The first-order chi connectivity index (χ1) is 14.2. The van der Waals surface area contributed by atoms with E-state index < -0.39 is 16.7 Å². The number of benzene rings is 2. The van der Waals surface area contributed by atoms with Crippen molar-refractivity contribution in [3.63, 3.8) is 0 Å². The van der Waals surface area contributed by atoms with Gasteiger partial charge in [-0.05, 0) is 23.8 Å². The van der Waals surface area contributed by atoms with Crippen LogP contribution < -0.4 is 4.90 Å². The summed E-state index contributed by atoms with van der Waals surface area (Å²) in [7, 11) is 0. The van der Waals surface area contributed by atoms with Gasteiger partial charge in [-0.25, -0.2) is 0 Å². The summed E-state index contributed by atoms with van der Waals surface area (Å²) in [6, 6.07) is 11.3. The van der Waals surface area contributed by atoms with Gasteiger partial charge in [-0.15, -0.1) is 0 Å². The van der Waals surface area contributed by atoms with Crippen molar-refractivity contribution in [1.29, 1.82) is 0 Å². The van der Waals surface area contributed by atoms with E-state index in [0.29, 0.717) is 43.9 Å². The fourth-order valence-electron chi connectivity index (χ4n) is 3.38. The Labute approximate surface area is 171 Å². The number of nitro benzene ring substituents is 1. The number of alkyl halides is 3. The zero-order chi connectivity index (χ0) is 21.7. The van der Waals surface area contributed by atoms with Crippen LogP contribution in [0.4, 0.5) is 18.9 Å². The van der Waals surface area contributed by atoms with Gasteiger partial charge in [-0.1, -0.05) is 24.3 Å². The Kier molecular flexibility index (Phi) is 6.51. The van der Waals surface area contributed by atoms with Crippen LogP contribution in [0.2, 0.25) is 0 Å². The van der Waals surface area contributed by atoms with Gasteiger partial charge < -0.3 is 9.80 Å². The quantitative estimate of drug-likeness (QED) is 0.459. The molecule has 0 atom stereocenters. The highest BCUT2D eigenvalue weighted by Crippen LogP contribution is 2.29. The summed E-state index contributed by atoms with van der Waals surface area (Å²) in [5.41, 5.74) is 0.479. The normalized spacial score (nSPS) is 15.5. The zero-order valence-electron chi connectivity index (χ0n) is 16.1. The van der Waals surface area contributed by atoms with Crippen molar-refractivity contribution in [3.8, 4) is 0 Å². The molecule has 0 radical (unpaired) electrons. The van der Waals surface area contributed by atoms with Crippen LogP contribution in [-0.2, 0) is 17.5 Å². The number of nitro groups is 1. The first-order valence-corrected chi connectivity index (χ1v) is 9.43. The molecule has 1 fully saturated rings. The van der Waals surface area contributed by atoms with Gasteiger partial charge in [-0.2, -0.15) is 13.2 Å². The van der Waals surface area contributed by atoms with Crippen molar-refractivity contribution in [2.45, 2.75) is 12.7 Å². The average Bonchev–Trinajstić information content (AvgIpc) is 2.72. The van der Waals surface area contributed by atoms with Crippen LogP contribution in [0.1, 0.15) is 16.7 Å². The summed E-state index contributed by atoms with van der Waals surface area (Å²) >= 11 is 0. The lowest BCUT2D eigenvalue weighted by Gasteiger charge is -2.31. The zero-order valence-corrected chi connectivity index (χ0v) is 16.1. The van der Waals surface area contributed by atoms with E-state index in [-0.39, 0.29) is 11.6 Å². The molecule has 1 heterocycles. The summed E-state index contributed by atoms with van der Waals surface area (Å²) in [4.78, 5) is 25.5.